The maximum absolute atomic E-state index is 8.66. The van der Waals surface area contributed by atoms with Gasteiger partial charge in [0.1, 0.15) is 11.5 Å². The molecular weight excluding hydrogens is 318 g/mol. The van der Waals surface area contributed by atoms with Gasteiger partial charge in [0, 0.05) is 16.6 Å². The fourth-order valence-electron chi connectivity index (χ4n) is 1.53. The van der Waals surface area contributed by atoms with Gasteiger partial charge in [0.2, 0.25) is 0 Å². The first-order chi connectivity index (χ1) is 8.29. The van der Waals surface area contributed by atoms with Crippen molar-refractivity contribution in [2.45, 2.75) is 6.54 Å². The van der Waals surface area contributed by atoms with Gasteiger partial charge in [0.05, 0.1) is 13.2 Å². The lowest BCUT2D eigenvalue weighted by molar-refractivity contribution is 0.290. The lowest BCUT2D eigenvalue weighted by atomic mass is 10.2. The zero-order valence-electron chi connectivity index (χ0n) is 9.73. The first kappa shape index (κ1) is 15.2. The number of hydrogen-bond donors (Lipinski definition) is 2. The molecular formula is C13H15BrClNO2. The summed E-state index contributed by atoms with van der Waals surface area (Å²) in [6.07, 6.45) is 0. The molecule has 2 N–H and O–H groups in total. The highest BCUT2D eigenvalue weighted by molar-refractivity contribution is 9.10. The Morgan fingerprint density at radius 2 is 1.83 bits per heavy atom. The van der Waals surface area contributed by atoms with Crippen molar-refractivity contribution in [3.05, 3.63) is 46.6 Å². The summed E-state index contributed by atoms with van der Waals surface area (Å²) in [6, 6.07) is 11.9. The van der Waals surface area contributed by atoms with Crippen molar-refractivity contribution in [1.82, 2.24) is 5.32 Å². The predicted molar refractivity (Wildman–Crippen MR) is 77.9 cm³/mol. The Bertz CT molecular complexity index is 470. The van der Waals surface area contributed by atoms with Gasteiger partial charge in [-0.05, 0) is 24.3 Å². The Morgan fingerprint density at radius 3 is 2.50 bits per heavy atom. The number of aliphatic hydroxyl groups is 1. The monoisotopic (exact) mass is 331 g/mol. The maximum atomic E-state index is 8.66. The Kier molecular flexibility index (Phi) is 6.43. The molecule has 0 unspecified atom stereocenters. The molecule has 0 fully saturated rings. The second-order valence-corrected chi connectivity index (χ2v) is 4.59. The first-order valence-electron chi connectivity index (χ1n) is 5.46. The molecule has 0 aliphatic carbocycles. The average molecular weight is 333 g/mol. The van der Waals surface area contributed by atoms with E-state index in [2.05, 4.69) is 21.2 Å². The van der Waals surface area contributed by atoms with Crippen LogP contribution in [-0.2, 0) is 6.54 Å². The normalized spacial score (nSPS) is 10.1. The van der Waals surface area contributed by atoms with E-state index in [-0.39, 0.29) is 19.0 Å². The van der Waals surface area contributed by atoms with Crippen LogP contribution in [0.3, 0.4) is 0 Å². The second kappa shape index (κ2) is 7.59. The maximum Gasteiger partial charge on any atom is 0.134 e. The van der Waals surface area contributed by atoms with Crippen LogP contribution in [0, 0.1) is 0 Å². The van der Waals surface area contributed by atoms with Gasteiger partial charge in [-0.2, -0.15) is 0 Å². The minimum absolute atomic E-state index is 0. The van der Waals surface area contributed by atoms with Crippen LogP contribution in [0.1, 0.15) is 5.76 Å². The molecule has 0 atom stereocenters. The Hall–Kier alpha value is -0.810. The summed E-state index contributed by atoms with van der Waals surface area (Å²) in [6.45, 7) is 1.35. The Labute approximate surface area is 121 Å². The molecule has 0 saturated heterocycles. The summed E-state index contributed by atoms with van der Waals surface area (Å²) in [7, 11) is 0. The van der Waals surface area contributed by atoms with Gasteiger partial charge in [-0.15, -0.1) is 12.4 Å². The molecule has 0 aliphatic rings. The average Bonchev–Trinajstić information content (AvgIpc) is 2.79. The second-order valence-electron chi connectivity index (χ2n) is 3.67. The van der Waals surface area contributed by atoms with Crippen molar-refractivity contribution in [3.63, 3.8) is 0 Å². The number of benzene rings is 1. The molecule has 0 radical (unpaired) electrons. The van der Waals surface area contributed by atoms with Crippen LogP contribution in [-0.4, -0.2) is 18.3 Å². The van der Waals surface area contributed by atoms with E-state index in [4.69, 9.17) is 9.52 Å². The topological polar surface area (TPSA) is 45.4 Å². The molecule has 0 aliphatic heterocycles. The molecule has 1 aromatic heterocycles. The third-order valence-electron chi connectivity index (χ3n) is 2.38. The molecule has 0 bridgehead atoms. The van der Waals surface area contributed by atoms with E-state index in [0.29, 0.717) is 13.1 Å². The minimum atomic E-state index is 0. The standard InChI is InChI=1S/C13H14BrNO2.ClH/c14-11-3-1-10(2-4-11)13-6-5-12(17-13)9-15-7-8-16;/h1-6,15-16H,7-9H2;1H. The number of halogens is 2. The van der Waals surface area contributed by atoms with Gasteiger partial charge in [0.25, 0.3) is 0 Å². The molecule has 18 heavy (non-hydrogen) atoms. The highest BCUT2D eigenvalue weighted by atomic mass is 79.9. The molecule has 5 heteroatoms. The van der Waals surface area contributed by atoms with Gasteiger partial charge in [-0.25, -0.2) is 0 Å². The molecule has 98 valence electrons. The predicted octanol–water partition coefficient (Wildman–Crippen LogP) is 3.21. The van der Waals surface area contributed by atoms with Crippen molar-refractivity contribution in [2.75, 3.05) is 13.2 Å². The number of furan rings is 1. The van der Waals surface area contributed by atoms with Crippen LogP contribution < -0.4 is 5.32 Å². The Balaban J connectivity index is 0.00000162. The smallest absolute Gasteiger partial charge is 0.134 e. The fourth-order valence-corrected chi connectivity index (χ4v) is 1.80. The molecule has 0 saturated carbocycles. The van der Waals surface area contributed by atoms with Crippen molar-refractivity contribution >= 4 is 28.3 Å². The summed E-state index contributed by atoms with van der Waals surface area (Å²) in [4.78, 5) is 0. The van der Waals surface area contributed by atoms with Crippen LogP contribution >= 0.6 is 28.3 Å². The van der Waals surface area contributed by atoms with Crippen molar-refractivity contribution < 1.29 is 9.52 Å². The van der Waals surface area contributed by atoms with E-state index in [1.54, 1.807) is 0 Å². The van der Waals surface area contributed by atoms with Gasteiger partial charge >= 0.3 is 0 Å². The summed E-state index contributed by atoms with van der Waals surface area (Å²) >= 11 is 3.40. The van der Waals surface area contributed by atoms with E-state index in [9.17, 15) is 0 Å². The molecule has 2 aromatic rings. The number of hydrogen-bond acceptors (Lipinski definition) is 3. The van der Waals surface area contributed by atoms with E-state index in [1.807, 2.05) is 36.4 Å². The quantitative estimate of drug-likeness (QED) is 0.827. The molecule has 0 spiro atoms. The largest absolute Gasteiger partial charge is 0.460 e. The summed E-state index contributed by atoms with van der Waals surface area (Å²) < 4.78 is 6.75. The van der Waals surface area contributed by atoms with E-state index < -0.39 is 0 Å². The number of aliphatic hydroxyl groups excluding tert-OH is 1. The third-order valence-corrected chi connectivity index (χ3v) is 2.91. The first-order valence-corrected chi connectivity index (χ1v) is 6.25. The third kappa shape index (κ3) is 4.14. The SMILES string of the molecule is Cl.OCCNCc1ccc(-c2ccc(Br)cc2)o1. The molecule has 3 nitrogen and oxygen atoms in total. The lowest BCUT2D eigenvalue weighted by Gasteiger charge is -1.99. The zero-order valence-corrected chi connectivity index (χ0v) is 12.1. The molecule has 2 rings (SSSR count). The summed E-state index contributed by atoms with van der Waals surface area (Å²) in [5.41, 5.74) is 1.06. The zero-order chi connectivity index (χ0) is 12.1. The Morgan fingerprint density at radius 1 is 1.11 bits per heavy atom. The van der Waals surface area contributed by atoms with Crippen molar-refractivity contribution in [3.8, 4) is 11.3 Å². The summed E-state index contributed by atoms with van der Waals surface area (Å²) in [5, 5.41) is 11.7. The van der Waals surface area contributed by atoms with Crippen molar-refractivity contribution in [1.29, 1.82) is 0 Å². The minimum Gasteiger partial charge on any atom is -0.460 e. The number of nitrogens with one attached hydrogen (secondary N) is 1. The molecule has 1 aromatic carbocycles. The van der Waals surface area contributed by atoms with Crippen LogP contribution in [0.5, 0.6) is 0 Å². The van der Waals surface area contributed by atoms with E-state index >= 15 is 0 Å². The molecule has 0 amide bonds. The van der Waals surface area contributed by atoms with Gasteiger partial charge in [0.15, 0.2) is 0 Å². The van der Waals surface area contributed by atoms with Crippen LogP contribution in [0.15, 0.2) is 45.3 Å². The van der Waals surface area contributed by atoms with E-state index in [1.165, 1.54) is 0 Å². The van der Waals surface area contributed by atoms with Crippen LogP contribution in [0.2, 0.25) is 0 Å². The lowest BCUT2D eigenvalue weighted by Crippen LogP contribution is -2.16. The fraction of sp³-hybridized carbons (Fsp3) is 0.231. The highest BCUT2D eigenvalue weighted by Gasteiger charge is 2.04. The van der Waals surface area contributed by atoms with Gasteiger partial charge < -0.3 is 14.8 Å². The molecule has 1 heterocycles. The summed E-state index contributed by atoms with van der Waals surface area (Å²) in [5.74, 6) is 1.73. The van der Waals surface area contributed by atoms with Crippen LogP contribution in [0.4, 0.5) is 0 Å². The van der Waals surface area contributed by atoms with Crippen LogP contribution in [0.25, 0.3) is 11.3 Å². The van der Waals surface area contributed by atoms with Gasteiger partial charge in [-0.1, -0.05) is 28.1 Å². The van der Waals surface area contributed by atoms with E-state index in [0.717, 1.165) is 21.6 Å². The highest BCUT2D eigenvalue weighted by Crippen LogP contribution is 2.23. The van der Waals surface area contributed by atoms with Gasteiger partial charge in [-0.3, -0.25) is 0 Å². The number of rotatable bonds is 5. The van der Waals surface area contributed by atoms with Crippen molar-refractivity contribution in [2.24, 2.45) is 0 Å².